The number of hydrogen-bond donors (Lipinski definition) is 2. The maximum atomic E-state index is 12.7. The fraction of sp³-hybridized carbons (Fsp3) is 0.650. The summed E-state index contributed by atoms with van der Waals surface area (Å²) in [6.45, 7) is 5.94. The van der Waals surface area contributed by atoms with Gasteiger partial charge in [0.1, 0.15) is 0 Å². The van der Waals surface area contributed by atoms with Crippen molar-refractivity contribution in [2.24, 2.45) is 11.3 Å². The first-order valence-electron chi connectivity index (χ1n) is 9.42. The van der Waals surface area contributed by atoms with E-state index >= 15 is 0 Å². The Labute approximate surface area is 149 Å². The van der Waals surface area contributed by atoms with E-state index < -0.39 is 0 Å². The van der Waals surface area contributed by atoms with Crippen LogP contribution in [0.4, 0.5) is 4.79 Å². The SMILES string of the molecule is CC1(C)C(NC(=O)NC(c2ccccc2)C2CCCO2)C2CCOC21. The second kappa shape index (κ2) is 6.61. The maximum absolute atomic E-state index is 12.7. The summed E-state index contributed by atoms with van der Waals surface area (Å²) in [5.41, 5.74) is 1.09. The van der Waals surface area contributed by atoms with Crippen LogP contribution in [0.25, 0.3) is 0 Å². The molecule has 136 valence electrons. The Kier molecular flexibility index (Phi) is 4.46. The number of rotatable bonds is 4. The van der Waals surface area contributed by atoms with Crippen molar-refractivity contribution in [3.63, 3.8) is 0 Å². The van der Waals surface area contributed by atoms with Gasteiger partial charge >= 0.3 is 6.03 Å². The number of nitrogens with one attached hydrogen (secondary N) is 2. The van der Waals surface area contributed by atoms with Crippen LogP contribution in [-0.2, 0) is 9.47 Å². The molecule has 2 aliphatic heterocycles. The Hall–Kier alpha value is -1.59. The van der Waals surface area contributed by atoms with Crippen LogP contribution in [0.3, 0.4) is 0 Å². The van der Waals surface area contributed by atoms with Crippen LogP contribution in [0.1, 0.15) is 44.7 Å². The number of carbonyl (C=O) groups excluding carboxylic acids is 1. The molecule has 1 aromatic rings. The molecule has 25 heavy (non-hydrogen) atoms. The Balaban J connectivity index is 1.44. The highest BCUT2D eigenvalue weighted by Gasteiger charge is 2.59. The number of ether oxygens (including phenoxy) is 2. The van der Waals surface area contributed by atoms with Crippen molar-refractivity contribution in [1.29, 1.82) is 0 Å². The molecule has 3 aliphatic rings. The molecule has 0 radical (unpaired) electrons. The number of fused-ring (bicyclic) bond motifs is 1. The van der Waals surface area contributed by atoms with E-state index in [9.17, 15) is 4.79 Å². The van der Waals surface area contributed by atoms with Gasteiger partial charge in [0.15, 0.2) is 0 Å². The summed E-state index contributed by atoms with van der Waals surface area (Å²) in [5.74, 6) is 0.443. The smallest absolute Gasteiger partial charge is 0.315 e. The van der Waals surface area contributed by atoms with Crippen molar-refractivity contribution in [3.05, 3.63) is 35.9 Å². The van der Waals surface area contributed by atoms with Crippen molar-refractivity contribution >= 4 is 6.03 Å². The number of urea groups is 1. The first-order valence-corrected chi connectivity index (χ1v) is 9.42. The average Bonchev–Trinajstić information content (AvgIpc) is 3.29. The van der Waals surface area contributed by atoms with Crippen LogP contribution in [0, 0.1) is 11.3 Å². The van der Waals surface area contributed by atoms with E-state index in [0.717, 1.165) is 38.0 Å². The average molecular weight is 344 g/mol. The molecule has 1 aliphatic carbocycles. The normalized spacial score (nSPS) is 34.0. The molecular formula is C20H28N2O3. The third kappa shape index (κ3) is 3.04. The summed E-state index contributed by atoms with van der Waals surface area (Å²) < 4.78 is 11.7. The zero-order valence-corrected chi connectivity index (χ0v) is 15.0. The molecule has 2 N–H and O–H groups in total. The van der Waals surface area contributed by atoms with Gasteiger partial charge in [-0.05, 0) is 24.8 Å². The van der Waals surface area contributed by atoms with E-state index in [2.05, 4.69) is 36.6 Å². The topological polar surface area (TPSA) is 59.6 Å². The van der Waals surface area contributed by atoms with E-state index in [1.165, 1.54) is 0 Å². The van der Waals surface area contributed by atoms with Crippen LogP contribution in [0.2, 0.25) is 0 Å². The molecule has 5 atom stereocenters. The van der Waals surface area contributed by atoms with E-state index in [0.29, 0.717) is 5.92 Å². The van der Waals surface area contributed by atoms with Crippen LogP contribution in [-0.4, -0.2) is 37.5 Å². The standard InChI is InChI=1S/C20H28N2O3/c1-20(2)17(14-10-12-25-18(14)20)22-19(23)21-16(15-9-6-11-24-15)13-7-4-3-5-8-13/h3-5,7-8,14-18H,6,9-12H2,1-2H3,(H2,21,22,23). The van der Waals surface area contributed by atoms with E-state index in [4.69, 9.17) is 9.47 Å². The summed E-state index contributed by atoms with van der Waals surface area (Å²) in [7, 11) is 0. The molecule has 0 bridgehead atoms. The molecule has 0 spiro atoms. The molecule has 2 saturated heterocycles. The highest BCUT2D eigenvalue weighted by Crippen LogP contribution is 2.52. The highest BCUT2D eigenvalue weighted by atomic mass is 16.5. The zero-order valence-electron chi connectivity index (χ0n) is 15.0. The summed E-state index contributed by atoms with van der Waals surface area (Å²) >= 11 is 0. The van der Waals surface area contributed by atoms with Gasteiger partial charge in [0, 0.05) is 30.6 Å². The van der Waals surface area contributed by atoms with E-state index in [-0.39, 0.29) is 35.7 Å². The van der Waals surface area contributed by atoms with Gasteiger partial charge < -0.3 is 20.1 Å². The van der Waals surface area contributed by atoms with Gasteiger partial charge in [-0.2, -0.15) is 0 Å². The molecule has 0 aromatic heterocycles. The van der Waals surface area contributed by atoms with Crippen LogP contribution in [0.15, 0.2) is 30.3 Å². The lowest BCUT2D eigenvalue weighted by molar-refractivity contribution is -0.108. The second-order valence-electron chi connectivity index (χ2n) is 8.10. The predicted molar refractivity (Wildman–Crippen MR) is 95.2 cm³/mol. The number of carbonyl (C=O) groups is 1. The molecule has 1 saturated carbocycles. The molecule has 5 heteroatoms. The molecule has 5 nitrogen and oxygen atoms in total. The quantitative estimate of drug-likeness (QED) is 0.883. The number of hydrogen-bond acceptors (Lipinski definition) is 3. The molecule has 3 fully saturated rings. The minimum absolute atomic E-state index is 0.00932. The van der Waals surface area contributed by atoms with Crippen molar-refractivity contribution < 1.29 is 14.3 Å². The van der Waals surface area contributed by atoms with Crippen molar-refractivity contribution in [3.8, 4) is 0 Å². The van der Waals surface area contributed by atoms with Crippen LogP contribution < -0.4 is 10.6 Å². The lowest BCUT2D eigenvalue weighted by atomic mass is 9.57. The van der Waals surface area contributed by atoms with E-state index in [1.54, 1.807) is 0 Å². The van der Waals surface area contributed by atoms with Gasteiger partial charge in [0.25, 0.3) is 0 Å². The molecule has 1 aromatic carbocycles. The maximum Gasteiger partial charge on any atom is 0.315 e. The molecule has 5 unspecified atom stereocenters. The first-order chi connectivity index (χ1) is 12.1. The first kappa shape index (κ1) is 16.9. The van der Waals surface area contributed by atoms with Gasteiger partial charge in [-0.1, -0.05) is 44.2 Å². The summed E-state index contributed by atoms with van der Waals surface area (Å²) in [5, 5.41) is 6.39. The second-order valence-corrected chi connectivity index (χ2v) is 8.10. The lowest BCUT2D eigenvalue weighted by Gasteiger charge is -2.54. The Bertz CT molecular complexity index is 613. The monoisotopic (exact) mass is 344 g/mol. The van der Waals surface area contributed by atoms with Gasteiger partial charge in [-0.25, -0.2) is 4.79 Å². The Morgan fingerprint density at radius 3 is 2.68 bits per heavy atom. The number of benzene rings is 1. The number of amides is 2. The van der Waals surface area contributed by atoms with Gasteiger partial charge in [-0.15, -0.1) is 0 Å². The van der Waals surface area contributed by atoms with Gasteiger partial charge in [0.2, 0.25) is 0 Å². The summed E-state index contributed by atoms with van der Waals surface area (Å²) in [6, 6.07) is 10.1. The predicted octanol–water partition coefficient (Wildman–Crippen LogP) is 3.02. The summed E-state index contributed by atoms with van der Waals surface area (Å²) in [6.07, 6.45) is 3.39. The largest absolute Gasteiger partial charge is 0.377 e. The Morgan fingerprint density at radius 1 is 1.16 bits per heavy atom. The Morgan fingerprint density at radius 2 is 1.96 bits per heavy atom. The fourth-order valence-corrected chi connectivity index (χ4v) is 4.86. The molecular weight excluding hydrogens is 316 g/mol. The minimum atomic E-state index is -0.109. The van der Waals surface area contributed by atoms with Crippen molar-refractivity contribution in [1.82, 2.24) is 10.6 Å². The highest BCUT2D eigenvalue weighted by molar-refractivity contribution is 5.75. The minimum Gasteiger partial charge on any atom is -0.377 e. The molecule has 4 rings (SSSR count). The lowest BCUT2D eigenvalue weighted by Crippen LogP contribution is -2.67. The third-order valence-electron chi connectivity index (χ3n) is 6.17. The van der Waals surface area contributed by atoms with Crippen LogP contribution >= 0.6 is 0 Å². The van der Waals surface area contributed by atoms with Gasteiger partial charge in [0.05, 0.1) is 18.2 Å². The van der Waals surface area contributed by atoms with Crippen molar-refractivity contribution in [2.75, 3.05) is 13.2 Å². The van der Waals surface area contributed by atoms with Crippen LogP contribution in [0.5, 0.6) is 0 Å². The third-order valence-corrected chi connectivity index (χ3v) is 6.17. The molecule has 2 heterocycles. The zero-order chi connectivity index (χ0) is 17.4. The van der Waals surface area contributed by atoms with E-state index in [1.807, 2.05) is 18.2 Å². The van der Waals surface area contributed by atoms with Crippen molar-refractivity contribution in [2.45, 2.75) is 57.4 Å². The molecule has 2 amide bonds. The summed E-state index contributed by atoms with van der Waals surface area (Å²) in [4.78, 5) is 12.7. The fourth-order valence-electron chi connectivity index (χ4n) is 4.86. The van der Waals surface area contributed by atoms with Gasteiger partial charge in [-0.3, -0.25) is 0 Å².